The molecular formula is C15H29N3O2. The van der Waals surface area contributed by atoms with Crippen molar-refractivity contribution < 1.29 is 9.53 Å². The van der Waals surface area contributed by atoms with E-state index in [-0.39, 0.29) is 12.1 Å². The van der Waals surface area contributed by atoms with Crippen LogP contribution in [0, 0.1) is 0 Å². The molecule has 1 saturated carbocycles. The largest absolute Gasteiger partial charge is 0.444 e. The molecule has 5 heteroatoms. The highest BCUT2D eigenvalue weighted by molar-refractivity contribution is 5.68. The predicted molar refractivity (Wildman–Crippen MR) is 79.8 cm³/mol. The van der Waals surface area contributed by atoms with E-state index in [1.165, 1.54) is 6.42 Å². The average molecular weight is 283 g/mol. The van der Waals surface area contributed by atoms with Gasteiger partial charge in [-0.1, -0.05) is 0 Å². The number of ether oxygens (including phenoxy) is 1. The lowest BCUT2D eigenvalue weighted by molar-refractivity contribution is 0.0463. The van der Waals surface area contributed by atoms with E-state index >= 15 is 0 Å². The number of likely N-dealkylation sites (tertiary alicyclic amines) is 1. The van der Waals surface area contributed by atoms with Gasteiger partial charge in [-0.3, -0.25) is 0 Å². The lowest BCUT2D eigenvalue weighted by Crippen LogP contribution is -2.55. The van der Waals surface area contributed by atoms with Crippen molar-refractivity contribution >= 4 is 6.09 Å². The van der Waals surface area contributed by atoms with Gasteiger partial charge in [0.2, 0.25) is 0 Å². The number of nitrogens with zero attached hydrogens (tertiary/aromatic N) is 1. The van der Waals surface area contributed by atoms with Crippen molar-refractivity contribution in [3.05, 3.63) is 0 Å². The number of nitrogens with one attached hydrogen (secondary N) is 2. The fourth-order valence-corrected chi connectivity index (χ4v) is 2.99. The fourth-order valence-electron chi connectivity index (χ4n) is 2.99. The van der Waals surface area contributed by atoms with E-state index in [4.69, 9.17) is 4.74 Å². The summed E-state index contributed by atoms with van der Waals surface area (Å²) in [5.41, 5.74) is -0.421. The second-order valence-electron chi connectivity index (χ2n) is 7.40. The van der Waals surface area contributed by atoms with E-state index in [1.807, 2.05) is 20.8 Å². The Morgan fingerprint density at radius 3 is 2.30 bits per heavy atom. The van der Waals surface area contributed by atoms with Crippen LogP contribution in [0.3, 0.4) is 0 Å². The average Bonchev–Trinajstić information content (AvgIpc) is 2.52. The molecule has 116 valence electrons. The van der Waals surface area contributed by atoms with Gasteiger partial charge in [-0.2, -0.15) is 0 Å². The van der Waals surface area contributed by atoms with Crippen molar-refractivity contribution in [3.8, 4) is 0 Å². The third kappa shape index (κ3) is 4.35. The van der Waals surface area contributed by atoms with Crippen molar-refractivity contribution in [3.63, 3.8) is 0 Å². The summed E-state index contributed by atoms with van der Waals surface area (Å²) in [7, 11) is 2.18. The van der Waals surface area contributed by atoms with Crippen LogP contribution in [-0.2, 0) is 4.74 Å². The molecular weight excluding hydrogens is 254 g/mol. The van der Waals surface area contributed by atoms with Gasteiger partial charge in [0, 0.05) is 30.7 Å². The van der Waals surface area contributed by atoms with Gasteiger partial charge in [-0.05, 0) is 54.0 Å². The molecule has 1 aliphatic heterocycles. The highest BCUT2D eigenvalue weighted by Gasteiger charge is 2.35. The van der Waals surface area contributed by atoms with Crippen LogP contribution < -0.4 is 10.6 Å². The zero-order valence-corrected chi connectivity index (χ0v) is 13.4. The zero-order valence-electron chi connectivity index (χ0n) is 13.4. The molecule has 0 spiro atoms. The minimum atomic E-state index is -0.421. The van der Waals surface area contributed by atoms with Crippen molar-refractivity contribution in [2.75, 3.05) is 13.6 Å². The molecule has 0 aromatic carbocycles. The standard InChI is InChI=1S/C15H29N3O2/c1-10-6-13(9-18(10)5)16-11-7-12(8-11)17-14(19)20-15(2,3)4/h10-13,16H,6-9H2,1-5H3,(H,17,19). The number of likely N-dealkylation sites (N-methyl/N-ethyl adjacent to an activating group) is 1. The second kappa shape index (κ2) is 5.90. The first-order chi connectivity index (χ1) is 9.23. The van der Waals surface area contributed by atoms with Gasteiger partial charge in [-0.25, -0.2) is 4.79 Å². The van der Waals surface area contributed by atoms with Gasteiger partial charge in [-0.15, -0.1) is 0 Å². The molecule has 1 saturated heterocycles. The molecule has 2 N–H and O–H groups in total. The molecule has 0 aromatic heterocycles. The Morgan fingerprint density at radius 1 is 1.15 bits per heavy atom. The molecule has 0 bridgehead atoms. The maximum Gasteiger partial charge on any atom is 0.407 e. The van der Waals surface area contributed by atoms with Crippen LogP contribution in [0.5, 0.6) is 0 Å². The van der Waals surface area contributed by atoms with Gasteiger partial charge in [0.1, 0.15) is 5.60 Å². The number of amides is 1. The lowest BCUT2D eigenvalue weighted by Gasteiger charge is -2.38. The summed E-state index contributed by atoms with van der Waals surface area (Å²) in [6.45, 7) is 9.05. The Morgan fingerprint density at radius 2 is 1.80 bits per heavy atom. The smallest absolute Gasteiger partial charge is 0.407 e. The summed E-state index contributed by atoms with van der Waals surface area (Å²) in [5, 5.41) is 6.63. The Hall–Kier alpha value is -0.810. The van der Waals surface area contributed by atoms with E-state index in [2.05, 4.69) is 29.5 Å². The molecule has 1 aliphatic carbocycles. The van der Waals surface area contributed by atoms with Crippen molar-refractivity contribution in [2.45, 2.75) is 76.7 Å². The maximum atomic E-state index is 11.6. The Bertz CT molecular complexity index is 338. The van der Waals surface area contributed by atoms with Gasteiger partial charge >= 0.3 is 6.09 Å². The quantitative estimate of drug-likeness (QED) is 0.828. The third-order valence-corrected chi connectivity index (χ3v) is 4.22. The number of hydrogen-bond acceptors (Lipinski definition) is 4. The van der Waals surface area contributed by atoms with Crippen LogP contribution in [0.25, 0.3) is 0 Å². The number of hydrogen-bond donors (Lipinski definition) is 2. The van der Waals surface area contributed by atoms with E-state index in [0.717, 1.165) is 19.4 Å². The first-order valence-corrected chi connectivity index (χ1v) is 7.69. The molecule has 2 unspecified atom stereocenters. The highest BCUT2D eigenvalue weighted by Crippen LogP contribution is 2.24. The number of carbonyl (C=O) groups is 1. The van der Waals surface area contributed by atoms with Gasteiger partial charge in [0.25, 0.3) is 0 Å². The molecule has 5 nitrogen and oxygen atoms in total. The van der Waals surface area contributed by atoms with Crippen LogP contribution in [0.1, 0.15) is 47.0 Å². The molecule has 20 heavy (non-hydrogen) atoms. The molecule has 2 rings (SSSR count). The molecule has 2 atom stereocenters. The summed E-state index contributed by atoms with van der Waals surface area (Å²) >= 11 is 0. The highest BCUT2D eigenvalue weighted by atomic mass is 16.6. The van der Waals surface area contributed by atoms with Crippen LogP contribution >= 0.6 is 0 Å². The van der Waals surface area contributed by atoms with E-state index in [0.29, 0.717) is 18.1 Å². The monoisotopic (exact) mass is 283 g/mol. The Kier molecular flexibility index (Phi) is 4.59. The summed E-state index contributed by atoms with van der Waals surface area (Å²) < 4.78 is 5.26. The van der Waals surface area contributed by atoms with E-state index in [9.17, 15) is 4.79 Å². The fraction of sp³-hybridized carbons (Fsp3) is 0.933. The van der Waals surface area contributed by atoms with Crippen LogP contribution in [0.2, 0.25) is 0 Å². The van der Waals surface area contributed by atoms with Gasteiger partial charge in [0.05, 0.1) is 0 Å². The second-order valence-corrected chi connectivity index (χ2v) is 7.40. The molecule has 0 radical (unpaired) electrons. The predicted octanol–water partition coefficient (Wildman–Crippen LogP) is 1.72. The molecule has 1 amide bonds. The van der Waals surface area contributed by atoms with Crippen molar-refractivity contribution in [2.24, 2.45) is 0 Å². The normalized spacial score (nSPS) is 34.6. The first kappa shape index (κ1) is 15.6. The summed E-state index contributed by atoms with van der Waals surface area (Å²) in [4.78, 5) is 14.0. The maximum absolute atomic E-state index is 11.6. The van der Waals surface area contributed by atoms with Crippen molar-refractivity contribution in [1.29, 1.82) is 0 Å². The van der Waals surface area contributed by atoms with Gasteiger partial charge in [0.15, 0.2) is 0 Å². The third-order valence-electron chi connectivity index (χ3n) is 4.22. The van der Waals surface area contributed by atoms with E-state index < -0.39 is 5.60 Å². The van der Waals surface area contributed by atoms with Crippen LogP contribution in [0.4, 0.5) is 4.79 Å². The van der Waals surface area contributed by atoms with E-state index in [1.54, 1.807) is 0 Å². The first-order valence-electron chi connectivity index (χ1n) is 7.69. The summed E-state index contributed by atoms with van der Waals surface area (Å²) in [5.74, 6) is 0. The minimum Gasteiger partial charge on any atom is -0.444 e. The molecule has 1 heterocycles. The van der Waals surface area contributed by atoms with Crippen molar-refractivity contribution in [1.82, 2.24) is 15.5 Å². The number of carbonyl (C=O) groups excluding carboxylic acids is 1. The molecule has 0 aromatic rings. The molecule has 2 fully saturated rings. The van der Waals surface area contributed by atoms with Crippen LogP contribution in [0.15, 0.2) is 0 Å². The topological polar surface area (TPSA) is 53.6 Å². The number of alkyl carbamates (subject to hydrolysis) is 1. The Balaban J connectivity index is 1.62. The Labute approximate surface area is 122 Å². The summed E-state index contributed by atoms with van der Waals surface area (Å²) in [6.07, 6.45) is 2.94. The van der Waals surface area contributed by atoms with Crippen LogP contribution in [-0.4, -0.2) is 54.4 Å². The lowest BCUT2D eigenvalue weighted by atomic mass is 9.86. The summed E-state index contributed by atoms with van der Waals surface area (Å²) in [6, 6.07) is 2.07. The zero-order chi connectivity index (χ0) is 14.9. The van der Waals surface area contributed by atoms with Gasteiger partial charge < -0.3 is 20.3 Å². The minimum absolute atomic E-state index is 0.263. The number of rotatable bonds is 3. The SMILES string of the molecule is CC1CC(NC2CC(NC(=O)OC(C)(C)C)C2)CN1C. The molecule has 2 aliphatic rings.